The molecule has 1 amide bonds. The summed E-state index contributed by atoms with van der Waals surface area (Å²) >= 11 is 0. The third-order valence-corrected chi connectivity index (χ3v) is 4.39. The van der Waals surface area contributed by atoms with Gasteiger partial charge in [0, 0.05) is 24.9 Å². The van der Waals surface area contributed by atoms with E-state index in [1.165, 1.54) is 12.1 Å². The van der Waals surface area contributed by atoms with E-state index < -0.39 is 15.6 Å². The van der Waals surface area contributed by atoms with Gasteiger partial charge in [-0.2, -0.15) is 0 Å². The molecule has 0 radical (unpaired) electrons. The van der Waals surface area contributed by atoms with E-state index in [0.29, 0.717) is 18.8 Å². The van der Waals surface area contributed by atoms with Crippen molar-refractivity contribution in [1.82, 2.24) is 10.0 Å². The molecule has 1 aromatic carbocycles. The lowest BCUT2D eigenvalue weighted by atomic mass is 10.1. The van der Waals surface area contributed by atoms with E-state index in [-0.39, 0.29) is 17.3 Å². The van der Waals surface area contributed by atoms with Gasteiger partial charge in [-0.1, -0.05) is 6.07 Å². The minimum atomic E-state index is -3.63. The lowest BCUT2D eigenvalue weighted by molar-refractivity contribution is -0.115. The van der Waals surface area contributed by atoms with Gasteiger partial charge in [0.2, 0.25) is 15.9 Å². The molecule has 0 aliphatic heterocycles. The van der Waals surface area contributed by atoms with Crippen LogP contribution >= 0.6 is 0 Å². The van der Waals surface area contributed by atoms with Crippen molar-refractivity contribution in [1.29, 1.82) is 0 Å². The van der Waals surface area contributed by atoms with Gasteiger partial charge in [0.25, 0.3) is 0 Å². The third kappa shape index (κ3) is 7.56. The number of hydrogen-bond donors (Lipinski definition) is 3. The van der Waals surface area contributed by atoms with Crippen molar-refractivity contribution in [3.8, 4) is 0 Å². The molecule has 23 heavy (non-hydrogen) atoms. The van der Waals surface area contributed by atoms with E-state index in [1.807, 2.05) is 0 Å². The summed E-state index contributed by atoms with van der Waals surface area (Å²) in [6.07, 6.45) is 0. The van der Waals surface area contributed by atoms with Crippen LogP contribution in [0.25, 0.3) is 0 Å². The Labute approximate surface area is 137 Å². The molecule has 0 aliphatic carbocycles. The van der Waals surface area contributed by atoms with E-state index in [9.17, 15) is 13.2 Å². The molecule has 0 fully saturated rings. The Bertz CT molecular complexity index is 624. The summed E-state index contributed by atoms with van der Waals surface area (Å²) in [5.41, 5.74) is -0.149. The summed E-state index contributed by atoms with van der Waals surface area (Å²) < 4.78 is 32.0. The first-order valence-corrected chi connectivity index (χ1v) is 8.76. The van der Waals surface area contributed by atoms with Gasteiger partial charge in [0.05, 0.1) is 18.0 Å². The number of nitrogens with one attached hydrogen (secondary N) is 3. The number of rotatable bonds is 8. The van der Waals surface area contributed by atoms with Crippen molar-refractivity contribution in [3.05, 3.63) is 24.3 Å². The van der Waals surface area contributed by atoms with Crippen LogP contribution in [0.1, 0.15) is 20.8 Å². The smallest absolute Gasteiger partial charge is 0.241 e. The molecule has 0 aromatic heterocycles. The Morgan fingerprint density at radius 2 is 1.96 bits per heavy atom. The minimum Gasteiger partial charge on any atom is -0.383 e. The number of methoxy groups -OCH3 is 1. The monoisotopic (exact) mass is 343 g/mol. The summed E-state index contributed by atoms with van der Waals surface area (Å²) in [7, 11) is -2.05. The van der Waals surface area contributed by atoms with E-state index >= 15 is 0 Å². The third-order valence-electron chi connectivity index (χ3n) is 2.64. The Hall–Kier alpha value is -1.48. The lowest BCUT2D eigenvalue weighted by Gasteiger charge is -2.20. The van der Waals surface area contributed by atoms with Crippen molar-refractivity contribution >= 4 is 21.6 Å². The maximum Gasteiger partial charge on any atom is 0.241 e. The lowest BCUT2D eigenvalue weighted by Crippen LogP contribution is -2.40. The van der Waals surface area contributed by atoms with Crippen LogP contribution in [0.2, 0.25) is 0 Å². The fourth-order valence-corrected chi connectivity index (χ4v) is 3.25. The molecule has 1 aromatic rings. The Balaban J connectivity index is 2.72. The fraction of sp³-hybridized carbons (Fsp3) is 0.533. The minimum absolute atomic E-state index is 0.109. The zero-order valence-electron chi connectivity index (χ0n) is 14.0. The van der Waals surface area contributed by atoms with Crippen LogP contribution in [0.15, 0.2) is 29.2 Å². The van der Waals surface area contributed by atoms with Gasteiger partial charge < -0.3 is 15.4 Å². The maximum absolute atomic E-state index is 12.3. The predicted octanol–water partition coefficient (Wildman–Crippen LogP) is 0.938. The van der Waals surface area contributed by atoms with Crippen LogP contribution < -0.4 is 15.4 Å². The average Bonchev–Trinajstić information content (AvgIpc) is 2.41. The molecule has 0 spiro atoms. The number of hydrogen-bond acceptors (Lipinski definition) is 5. The summed E-state index contributed by atoms with van der Waals surface area (Å²) in [6.45, 7) is 6.50. The zero-order chi connectivity index (χ0) is 17.5. The largest absolute Gasteiger partial charge is 0.383 e. The van der Waals surface area contributed by atoms with E-state index in [0.717, 1.165) is 0 Å². The number of amides is 1. The maximum atomic E-state index is 12.3. The first-order chi connectivity index (χ1) is 10.6. The first-order valence-electron chi connectivity index (χ1n) is 7.27. The highest BCUT2D eigenvalue weighted by atomic mass is 32.2. The van der Waals surface area contributed by atoms with Gasteiger partial charge in [-0.15, -0.1) is 0 Å². The van der Waals surface area contributed by atoms with Gasteiger partial charge in [0.1, 0.15) is 0 Å². The van der Waals surface area contributed by atoms with Crippen molar-refractivity contribution in [2.75, 3.05) is 32.1 Å². The second-order valence-electron chi connectivity index (χ2n) is 6.10. The molecule has 0 saturated heterocycles. The highest BCUT2D eigenvalue weighted by Gasteiger charge is 2.22. The van der Waals surface area contributed by atoms with Gasteiger partial charge >= 0.3 is 0 Å². The molecule has 0 atom stereocenters. The van der Waals surface area contributed by atoms with Crippen molar-refractivity contribution < 1.29 is 17.9 Å². The van der Waals surface area contributed by atoms with Gasteiger partial charge in [0.15, 0.2) is 0 Å². The highest BCUT2D eigenvalue weighted by Crippen LogP contribution is 2.17. The van der Waals surface area contributed by atoms with Crippen LogP contribution in [0, 0.1) is 0 Å². The molecule has 0 heterocycles. The number of anilines is 1. The quantitative estimate of drug-likeness (QED) is 0.611. The Kier molecular flexibility index (Phi) is 7.14. The Morgan fingerprint density at radius 3 is 2.57 bits per heavy atom. The van der Waals surface area contributed by atoms with E-state index in [4.69, 9.17) is 4.74 Å². The standard InChI is InChI=1S/C15H25N3O4S/c1-15(2,3)18-23(20,21)13-7-5-6-12(10-13)17-14(19)11-16-8-9-22-4/h5-7,10,16,18H,8-9,11H2,1-4H3,(H,17,19). The molecule has 8 heteroatoms. The molecule has 3 N–H and O–H groups in total. The Morgan fingerprint density at radius 1 is 1.26 bits per heavy atom. The van der Waals surface area contributed by atoms with Crippen molar-refractivity contribution in [3.63, 3.8) is 0 Å². The molecule has 1 rings (SSSR count). The summed E-state index contributed by atoms with van der Waals surface area (Å²) in [6, 6.07) is 6.15. The molecule has 130 valence electrons. The number of carbonyl (C=O) groups is 1. The second-order valence-corrected chi connectivity index (χ2v) is 7.78. The van der Waals surface area contributed by atoms with E-state index in [1.54, 1.807) is 40.0 Å². The summed E-state index contributed by atoms with van der Waals surface area (Å²) in [5, 5.41) is 5.57. The van der Waals surface area contributed by atoms with E-state index in [2.05, 4.69) is 15.4 Å². The number of sulfonamides is 1. The topological polar surface area (TPSA) is 96.5 Å². The second kappa shape index (κ2) is 8.39. The van der Waals surface area contributed by atoms with Crippen LogP contribution in [-0.4, -0.2) is 46.7 Å². The molecular formula is C15H25N3O4S. The van der Waals surface area contributed by atoms with Crippen LogP contribution in [0.5, 0.6) is 0 Å². The zero-order valence-corrected chi connectivity index (χ0v) is 14.8. The molecule has 0 unspecified atom stereocenters. The molecule has 0 aliphatic rings. The fourth-order valence-electron chi connectivity index (χ4n) is 1.78. The number of ether oxygens (including phenoxy) is 1. The summed E-state index contributed by atoms with van der Waals surface area (Å²) in [4.78, 5) is 11.9. The van der Waals surface area contributed by atoms with Crippen LogP contribution in [0.3, 0.4) is 0 Å². The molecule has 0 bridgehead atoms. The van der Waals surface area contributed by atoms with Gasteiger partial charge in [-0.3, -0.25) is 4.79 Å². The highest BCUT2D eigenvalue weighted by molar-refractivity contribution is 7.89. The SMILES string of the molecule is COCCNCC(=O)Nc1cccc(S(=O)(=O)NC(C)(C)C)c1. The molecule has 0 saturated carbocycles. The predicted molar refractivity (Wildman–Crippen MR) is 89.9 cm³/mol. The van der Waals surface area contributed by atoms with Crippen LogP contribution in [-0.2, 0) is 19.6 Å². The first kappa shape index (κ1) is 19.6. The summed E-state index contributed by atoms with van der Waals surface area (Å²) in [5.74, 6) is -0.251. The van der Waals surface area contributed by atoms with Gasteiger partial charge in [-0.05, 0) is 39.0 Å². The number of carbonyl (C=O) groups excluding carboxylic acids is 1. The van der Waals surface area contributed by atoms with Crippen molar-refractivity contribution in [2.24, 2.45) is 0 Å². The van der Waals surface area contributed by atoms with Crippen molar-refractivity contribution in [2.45, 2.75) is 31.2 Å². The molecular weight excluding hydrogens is 318 g/mol. The number of benzene rings is 1. The normalized spacial score (nSPS) is 12.2. The van der Waals surface area contributed by atoms with Crippen LogP contribution in [0.4, 0.5) is 5.69 Å². The molecule has 7 nitrogen and oxygen atoms in total. The average molecular weight is 343 g/mol. The van der Waals surface area contributed by atoms with Gasteiger partial charge in [-0.25, -0.2) is 13.1 Å².